The van der Waals surface area contributed by atoms with Gasteiger partial charge in [0, 0.05) is 37.8 Å². The van der Waals surface area contributed by atoms with Gasteiger partial charge in [-0.1, -0.05) is 31.4 Å². The van der Waals surface area contributed by atoms with Crippen molar-refractivity contribution < 1.29 is 14.3 Å². The van der Waals surface area contributed by atoms with Crippen LogP contribution in [0.15, 0.2) is 24.3 Å². The minimum atomic E-state index is -0.136. The Morgan fingerprint density at radius 2 is 1.58 bits per heavy atom. The van der Waals surface area contributed by atoms with Crippen molar-refractivity contribution in [3.8, 4) is 0 Å². The summed E-state index contributed by atoms with van der Waals surface area (Å²) in [6.45, 7) is 8.36. The number of anilines is 3. The van der Waals surface area contributed by atoms with Crippen LogP contribution in [0.4, 0.5) is 17.8 Å². The molecular weight excluding hydrogens is 484 g/mol. The van der Waals surface area contributed by atoms with Crippen LogP contribution in [0.3, 0.4) is 0 Å². The zero-order chi connectivity index (χ0) is 27.0. The second kappa shape index (κ2) is 16.7. The zero-order valence-electron chi connectivity index (χ0n) is 22.8. The summed E-state index contributed by atoms with van der Waals surface area (Å²) < 4.78 is 10.7. The van der Waals surface area contributed by atoms with Crippen LogP contribution in [-0.4, -0.2) is 73.0 Å². The number of rotatable bonds is 17. The van der Waals surface area contributed by atoms with E-state index in [4.69, 9.17) is 15.2 Å². The van der Waals surface area contributed by atoms with Crippen molar-refractivity contribution in [3.05, 3.63) is 35.4 Å². The molecule has 11 heteroatoms. The Kier molecular flexibility index (Phi) is 13.0. The Morgan fingerprint density at radius 3 is 2.26 bits per heavy atom. The molecule has 0 aliphatic heterocycles. The first-order valence-corrected chi connectivity index (χ1v) is 13.8. The molecule has 38 heavy (non-hydrogen) atoms. The largest absolute Gasteiger partial charge is 0.378 e. The first kappa shape index (κ1) is 29.5. The third-order valence-electron chi connectivity index (χ3n) is 6.16. The Bertz CT molecular complexity index is 952. The molecule has 1 aromatic heterocycles. The molecule has 1 heterocycles. The maximum Gasteiger partial charge on any atom is 0.251 e. The van der Waals surface area contributed by atoms with Crippen LogP contribution in [0.25, 0.3) is 0 Å². The average molecular weight is 529 g/mol. The number of nitrogens with two attached hydrogens (primary N) is 1. The summed E-state index contributed by atoms with van der Waals surface area (Å²) in [4.78, 5) is 26.0. The number of hydrogen-bond donors (Lipinski definition) is 5. The fourth-order valence-corrected chi connectivity index (χ4v) is 4.18. The summed E-state index contributed by atoms with van der Waals surface area (Å²) in [5.74, 6) is 2.16. The normalized spacial score (nSPS) is 13.9. The van der Waals surface area contributed by atoms with Gasteiger partial charge in [-0.2, -0.15) is 15.0 Å². The lowest BCUT2D eigenvalue weighted by Crippen LogP contribution is -2.27. The van der Waals surface area contributed by atoms with Gasteiger partial charge in [-0.15, -0.1) is 0 Å². The molecule has 1 amide bonds. The van der Waals surface area contributed by atoms with Crippen LogP contribution in [0.1, 0.15) is 61.9 Å². The van der Waals surface area contributed by atoms with Crippen LogP contribution in [0.2, 0.25) is 0 Å². The molecule has 6 N–H and O–H groups in total. The molecule has 0 unspecified atom stereocenters. The smallest absolute Gasteiger partial charge is 0.251 e. The Balaban J connectivity index is 1.46. The van der Waals surface area contributed by atoms with Crippen molar-refractivity contribution in [2.24, 2.45) is 11.7 Å². The van der Waals surface area contributed by atoms with E-state index in [0.717, 1.165) is 12.1 Å². The minimum absolute atomic E-state index is 0.136. The van der Waals surface area contributed by atoms with Crippen LogP contribution < -0.4 is 27.0 Å². The Morgan fingerprint density at radius 1 is 0.921 bits per heavy atom. The number of nitrogens with one attached hydrogen (secondary N) is 4. The molecule has 1 aliphatic carbocycles. The Hall–Kier alpha value is -3.02. The van der Waals surface area contributed by atoms with E-state index >= 15 is 0 Å². The molecule has 2 aromatic rings. The van der Waals surface area contributed by atoms with Crippen molar-refractivity contribution in [1.29, 1.82) is 0 Å². The predicted octanol–water partition coefficient (Wildman–Crippen LogP) is 3.02. The lowest BCUT2D eigenvalue weighted by atomic mass is 9.89. The van der Waals surface area contributed by atoms with E-state index in [1.807, 2.05) is 24.3 Å². The van der Waals surface area contributed by atoms with E-state index < -0.39 is 0 Å². The molecular formula is C27H44N8O3. The summed E-state index contributed by atoms with van der Waals surface area (Å²) in [5, 5.41) is 12.8. The van der Waals surface area contributed by atoms with Crippen molar-refractivity contribution in [2.45, 2.75) is 58.5 Å². The quantitative estimate of drug-likeness (QED) is 0.194. The van der Waals surface area contributed by atoms with Gasteiger partial charge in [-0.05, 0) is 50.3 Å². The number of nitrogens with zero attached hydrogens (tertiary/aromatic N) is 3. The van der Waals surface area contributed by atoms with Gasteiger partial charge >= 0.3 is 0 Å². The first-order valence-electron chi connectivity index (χ1n) is 13.8. The number of hydrogen-bond acceptors (Lipinski definition) is 10. The van der Waals surface area contributed by atoms with Crippen molar-refractivity contribution in [2.75, 3.05) is 62.0 Å². The van der Waals surface area contributed by atoms with Gasteiger partial charge in [0.15, 0.2) is 0 Å². The summed E-state index contributed by atoms with van der Waals surface area (Å²) in [6, 6.07) is 7.67. The molecule has 1 fully saturated rings. The van der Waals surface area contributed by atoms with Gasteiger partial charge in [-0.3, -0.25) is 4.79 Å². The number of benzene rings is 1. The summed E-state index contributed by atoms with van der Waals surface area (Å²) in [5.41, 5.74) is 6.97. The molecule has 3 rings (SSSR count). The lowest BCUT2D eigenvalue weighted by molar-refractivity contribution is 0.0511. The molecule has 0 saturated heterocycles. The third-order valence-corrected chi connectivity index (χ3v) is 6.16. The molecule has 0 bridgehead atoms. The third kappa shape index (κ3) is 11.2. The maximum atomic E-state index is 12.4. The van der Waals surface area contributed by atoms with Crippen molar-refractivity contribution in [1.82, 2.24) is 20.3 Å². The van der Waals surface area contributed by atoms with Crippen LogP contribution in [0.5, 0.6) is 0 Å². The van der Waals surface area contributed by atoms with Gasteiger partial charge in [0.25, 0.3) is 5.91 Å². The predicted molar refractivity (Wildman–Crippen MR) is 150 cm³/mol. The molecule has 1 aromatic carbocycles. The van der Waals surface area contributed by atoms with Crippen molar-refractivity contribution in [3.63, 3.8) is 0 Å². The van der Waals surface area contributed by atoms with E-state index in [-0.39, 0.29) is 11.9 Å². The lowest BCUT2D eigenvalue weighted by Gasteiger charge is -2.22. The van der Waals surface area contributed by atoms with Crippen LogP contribution in [-0.2, 0) is 16.0 Å². The second-order valence-electron chi connectivity index (χ2n) is 9.81. The molecule has 1 saturated carbocycles. The highest BCUT2D eigenvalue weighted by molar-refractivity contribution is 5.94. The highest BCUT2D eigenvalue weighted by atomic mass is 16.5. The number of ether oxygens (including phenoxy) is 2. The molecule has 11 nitrogen and oxygen atoms in total. The minimum Gasteiger partial charge on any atom is -0.378 e. The average Bonchev–Trinajstić information content (AvgIpc) is 2.92. The summed E-state index contributed by atoms with van der Waals surface area (Å²) >= 11 is 0. The van der Waals surface area contributed by atoms with Gasteiger partial charge in [0.1, 0.15) is 0 Å². The van der Waals surface area contributed by atoms with E-state index in [2.05, 4.69) is 50.1 Å². The van der Waals surface area contributed by atoms with Crippen LogP contribution >= 0.6 is 0 Å². The molecule has 0 spiro atoms. The highest BCUT2D eigenvalue weighted by Crippen LogP contribution is 2.24. The number of aromatic nitrogens is 3. The molecule has 0 radical (unpaired) electrons. The second-order valence-corrected chi connectivity index (χ2v) is 9.81. The van der Waals surface area contributed by atoms with Crippen molar-refractivity contribution >= 4 is 23.8 Å². The Labute approximate surface area is 226 Å². The number of carbonyl (C=O) groups is 1. The summed E-state index contributed by atoms with van der Waals surface area (Å²) in [7, 11) is 0. The van der Waals surface area contributed by atoms with E-state index in [0.29, 0.717) is 75.4 Å². The van der Waals surface area contributed by atoms with Gasteiger partial charge in [0.2, 0.25) is 17.8 Å². The fraction of sp³-hybridized carbons (Fsp3) is 0.630. The van der Waals surface area contributed by atoms with Gasteiger partial charge < -0.3 is 36.5 Å². The molecule has 1 aliphatic rings. The molecule has 0 atom stereocenters. The fourth-order valence-electron chi connectivity index (χ4n) is 4.18. The summed E-state index contributed by atoms with van der Waals surface area (Å²) in [6.07, 6.45) is 6.46. The number of amides is 1. The van der Waals surface area contributed by atoms with E-state index in [9.17, 15) is 4.79 Å². The van der Waals surface area contributed by atoms with Gasteiger partial charge in [0.05, 0.1) is 26.4 Å². The maximum absolute atomic E-state index is 12.4. The SMILES string of the molecule is CC(C)Nc1nc(NCc2ccc(C(=O)NCCOCCOCCN)cc2)nc(NCC2CCCCC2)n1. The van der Waals surface area contributed by atoms with E-state index in [1.54, 1.807) is 0 Å². The monoisotopic (exact) mass is 528 g/mol. The van der Waals surface area contributed by atoms with Gasteiger partial charge in [-0.25, -0.2) is 0 Å². The molecule has 210 valence electrons. The highest BCUT2D eigenvalue weighted by Gasteiger charge is 2.15. The topological polar surface area (TPSA) is 148 Å². The zero-order valence-corrected chi connectivity index (χ0v) is 22.8. The standard InChI is InChI=1S/C27H44N8O3/c1-20(2)32-27-34-25(30-18-21-6-4-3-5-7-21)33-26(35-27)31-19-22-8-10-23(11-9-22)24(36)29-13-15-38-17-16-37-14-12-28/h8-11,20-21H,3-7,12-19,28H2,1-2H3,(H,29,36)(H3,30,31,32,33,34,35). The van der Waals surface area contributed by atoms with E-state index in [1.165, 1.54) is 32.1 Å². The number of carbonyl (C=O) groups excluding carboxylic acids is 1. The van der Waals surface area contributed by atoms with Crippen LogP contribution in [0, 0.1) is 5.92 Å². The first-order chi connectivity index (χ1) is 18.5.